The summed E-state index contributed by atoms with van der Waals surface area (Å²) < 4.78 is 0. The van der Waals surface area contributed by atoms with E-state index in [1.807, 2.05) is 0 Å². The molecule has 1 aliphatic rings. The smallest absolute Gasteiger partial charge is 0.0975 e. The zero-order valence-electron chi connectivity index (χ0n) is 15.0. The molecule has 1 saturated heterocycles. The van der Waals surface area contributed by atoms with Gasteiger partial charge in [0, 0.05) is 18.3 Å². The molecule has 1 fully saturated rings. The normalized spacial score (nSPS) is 18.1. The Morgan fingerprint density at radius 1 is 0.731 bits per heavy atom. The maximum atomic E-state index is 4.70. The van der Waals surface area contributed by atoms with Crippen molar-refractivity contribution >= 4 is 12.6 Å². The van der Waals surface area contributed by atoms with Crippen LogP contribution in [0.4, 0.5) is 0 Å². The van der Waals surface area contributed by atoms with Crippen molar-refractivity contribution in [3.05, 3.63) is 108 Å². The van der Waals surface area contributed by atoms with E-state index in [2.05, 4.69) is 95.9 Å². The third-order valence-electron chi connectivity index (χ3n) is 5.59. The summed E-state index contributed by atoms with van der Waals surface area (Å²) >= 11 is 4.70. The second-order valence-corrected chi connectivity index (χ2v) is 7.35. The lowest BCUT2D eigenvalue weighted by Gasteiger charge is -2.46. The van der Waals surface area contributed by atoms with Crippen molar-refractivity contribution in [3.63, 3.8) is 0 Å². The molecule has 4 rings (SSSR count). The van der Waals surface area contributed by atoms with Crippen LogP contribution in [0, 0.1) is 0 Å². The number of thiol groups is 1. The van der Waals surface area contributed by atoms with Crippen LogP contribution in [0.3, 0.4) is 0 Å². The van der Waals surface area contributed by atoms with Gasteiger partial charge < -0.3 is 0 Å². The summed E-state index contributed by atoms with van der Waals surface area (Å²) in [4.78, 5) is 2.68. The third-order valence-corrected chi connectivity index (χ3v) is 6.01. The fraction of sp³-hybridized carbons (Fsp3) is 0.250. The van der Waals surface area contributed by atoms with E-state index in [9.17, 15) is 0 Å². The second kappa shape index (κ2) is 7.69. The van der Waals surface area contributed by atoms with Crippen LogP contribution in [-0.4, -0.2) is 23.2 Å². The SMILES string of the molecule is SC[C@@H]1CCCN1C(c1ccccc1)(c1ccccc1)c1ccccc1. The van der Waals surface area contributed by atoms with Crippen molar-refractivity contribution in [2.75, 3.05) is 12.3 Å². The van der Waals surface area contributed by atoms with Crippen LogP contribution < -0.4 is 0 Å². The van der Waals surface area contributed by atoms with Crippen LogP contribution in [0.5, 0.6) is 0 Å². The first kappa shape index (κ1) is 17.4. The molecule has 0 bridgehead atoms. The molecule has 0 aromatic heterocycles. The van der Waals surface area contributed by atoms with Gasteiger partial charge in [0.25, 0.3) is 0 Å². The molecule has 132 valence electrons. The Bertz CT molecular complexity index is 720. The third kappa shape index (κ3) is 2.87. The van der Waals surface area contributed by atoms with Crippen molar-refractivity contribution in [1.82, 2.24) is 4.90 Å². The van der Waals surface area contributed by atoms with Crippen LogP contribution in [0.25, 0.3) is 0 Å². The predicted octanol–water partition coefficient (Wildman–Crippen LogP) is 5.37. The molecule has 2 heteroatoms. The Morgan fingerprint density at radius 3 is 1.54 bits per heavy atom. The molecule has 1 atom stereocenters. The van der Waals surface area contributed by atoms with Gasteiger partial charge in [-0.3, -0.25) is 4.90 Å². The van der Waals surface area contributed by atoms with Crippen molar-refractivity contribution in [2.45, 2.75) is 24.4 Å². The van der Waals surface area contributed by atoms with Gasteiger partial charge in [-0.05, 0) is 29.5 Å². The molecule has 0 N–H and O–H groups in total. The molecule has 1 aliphatic heterocycles. The summed E-state index contributed by atoms with van der Waals surface area (Å²) in [6.07, 6.45) is 2.43. The van der Waals surface area contributed by atoms with Crippen LogP contribution in [-0.2, 0) is 5.54 Å². The van der Waals surface area contributed by atoms with Crippen LogP contribution in [0.2, 0.25) is 0 Å². The summed E-state index contributed by atoms with van der Waals surface area (Å²) in [5, 5.41) is 0. The fourth-order valence-corrected chi connectivity index (χ4v) is 4.88. The quantitative estimate of drug-likeness (QED) is 0.473. The van der Waals surface area contributed by atoms with Gasteiger partial charge in [0.05, 0.1) is 5.54 Å². The van der Waals surface area contributed by atoms with Gasteiger partial charge in [-0.25, -0.2) is 0 Å². The lowest BCUT2D eigenvalue weighted by atomic mass is 9.75. The highest BCUT2D eigenvalue weighted by Gasteiger charge is 2.46. The van der Waals surface area contributed by atoms with Crippen LogP contribution >= 0.6 is 12.6 Å². The maximum Gasteiger partial charge on any atom is 0.0975 e. The van der Waals surface area contributed by atoms with Gasteiger partial charge in [0.2, 0.25) is 0 Å². The van der Waals surface area contributed by atoms with E-state index in [1.54, 1.807) is 0 Å². The van der Waals surface area contributed by atoms with Gasteiger partial charge in [-0.15, -0.1) is 0 Å². The topological polar surface area (TPSA) is 3.24 Å². The maximum absolute atomic E-state index is 4.70. The zero-order valence-corrected chi connectivity index (χ0v) is 15.9. The van der Waals surface area contributed by atoms with Crippen molar-refractivity contribution in [3.8, 4) is 0 Å². The molecule has 1 nitrogen and oxygen atoms in total. The Morgan fingerprint density at radius 2 is 1.15 bits per heavy atom. The van der Waals surface area contributed by atoms with E-state index in [0.717, 1.165) is 12.3 Å². The van der Waals surface area contributed by atoms with Gasteiger partial charge in [-0.2, -0.15) is 12.6 Å². The van der Waals surface area contributed by atoms with E-state index in [4.69, 9.17) is 12.6 Å². The highest BCUT2D eigenvalue weighted by molar-refractivity contribution is 7.80. The summed E-state index contributed by atoms with van der Waals surface area (Å²) in [7, 11) is 0. The highest BCUT2D eigenvalue weighted by Crippen LogP contribution is 2.45. The van der Waals surface area contributed by atoms with Crippen molar-refractivity contribution < 1.29 is 0 Å². The second-order valence-electron chi connectivity index (χ2n) is 6.98. The molecule has 3 aromatic rings. The lowest BCUT2D eigenvalue weighted by molar-refractivity contribution is 0.152. The first-order valence-corrected chi connectivity index (χ1v) is 10.0. The van der Waals surface area contributed by atoms with Crippen molar-refractivity contribution in [1.29, 1.82) is 0 Å². The summed E-state index contributed by atoms with van der Waals surface area (Å²) in [6.45, 7) is 1.09. The van der Waals surface area contributed by atoms with Gasteiger partial charge in [-0.1, -0.05) is 91.0 Å². The van der Waals surface area contributed by atoms with Gasteiger partial charge in [0.15, 0.2) is 0 Å². The van der Waals surface area contributed by atoms with E-state index >= 15 is 0 Å². The Hall–Kier alpha value is -2.03. The largest absolute Gasteiger partial charge is 0.282 e. The van der Waals surface area contributed by atoms with E-state index in [1.165, 1.54) is 29.5 Å². The summed E-state index contributed by atoms with van der Waals surface area (Å²) in [5.41, 5.74) is 3.69. The Balaban J connectivity index is 2.04. The molecule has 0 unspecified atom stereocenters. The lowest BCUT2D eigenvalue weighted by Crippen LogP contribution is -2.51. The molecular formula is C24H25NS. The number of rotatable bonds is 5. The predicted molar refractivity (Wildman–Crippen MR) is 113 cm³/mol. The van der Waals surface area contributed by atoms with Crippen LogP contribution in [0.1, 0.15) is 29.5 Å². The Labute approximate surface area is 162 Å². The molecule has 0 amide bonds. The highest BCUT2D eigenvalue weighted by atomic mass is 32.1. The number of likely N-dealkylation sites (tertiary alicyclic amines) is 1. The zero-order chi connectivity index (χ0) is 17.8. The van der Waals surface area contributed by atoms with Crippen LogP contribution in [0.15, 0.2) is 91.0 Å². The molecule has 0 spiro atoms. The molecule has 3 aromatic carbocycles. The minimum atomic E-state index is -0.284. The molecule has 1 heterocycles. The molecule has 26 heavy (non-hydrogen) atoms. The van der Waals surface area contributed by atoms with E-state index < -0.39 is 0 Å². The average Bonchev–Trinajstić information content (AvgIpc) is 3.20. The molecule has 0 aliphatic carbocycles. The number of benzene rings is 3. The first-order chi connectivity index (χ1) is 12.9. The summed E-state index contributed by atoms with van der Waals surface area (Å²) in [5.74, 6) is 0.883. The first-order valence-electron chi connectivity index (χ1n) is 9.41. The van der Waals surface area contributed by atoms with Gasteiger partial charge in [0.1, 0.15) is 0 Å². The molecule has 0 radical (unpaired) electrons. The minimum Gasteiger partial charge on any atom is -0.282 e. The number of hydrogen-bond donors (Lipinski definition) is 1. The number of nitrogens with zero attached hydrogens (tertiary/aromatic N) is 1. The van der Waals surface area contributed by atoms with Crippen molar-refractivity contribution in [2.24, 2.45) is 0 Å². The molecule has 0 saturated carbocycles. The van der Waals surface area contributed by atoms with E-state index in [0.29, 0.717) is 6.04 Å². The fourth-order valence-electron chi connectivity index (χ4n) is 4.50. The average molecular weight is 360 g/mol. The summed E-state index contributed by atoms with van der Waals surface area (Å²) in [6, 6.07) is 33.3. The Kier molecular flexibility index (Phi) is 5.14. The van der Waals surface area contributed by atoms with Gasteiger partial charge >= 0.3 is 0 Å². The molecular weight excluding hydrogens is 334 g/mol. The van der Waals surface area contributed by atoms with E-state index in [-0.39, 0.29) is 5.54 Å². The minimum absolute atomic E-state index is 0.284. The standard InChI is InChI=1S/C24H25NS/c26-19-23-17-10-18-25(23)24(20-11-4-1-5-12-20,21-13-6-2-7-14-21)22-15-8-3-9-16-22/h1-9,11-16,23,26H,10,17-19H2/t23-/m0/s1. The monoisotopic (exact) mass is 359 g/mol. The number of hydrogen-bond acceptors (Lipinski definition) is 2.